The highest BCUT2D eigenvalue weighted by Gasteiger charge is 1.96. The molecular weight excluding hydrogens is 152 g/mol. The molecule has 0 spiro atoms. The summed E-state index contributed by atoms with van der Waals surface area (Å²) in [5.74, 6) is 1.88. The molecule has 0 radical (unpaired) electrons. The van der Waals surface area contributed by atoms with E-state index >= 15 is 0 Å². The molecule has 0 atom stereocenters. The summed E-state index contributed by atoms with van der Waals surface area (Å²) < 4.78 is 0. The van der Waals surface area contributed by atoms with Gasteiger partial charge in [-0.3, -0.25) is 0 Å². The van der Waals surface area contributed by atoms with Crippen molar-refractivity contribution in [2.45, 2.75) is 13.8 Å². The Bertz CT molecular complexity index is 247. The van der Waals surface area contributed by atoms with Crippen LogP contribution in [0.5, 0.6) is 0 Å². The van der Waals surface area contributed by atoms with Crippen LogP contribution < -0.4 is 11.1 Å². The van der Waals surface area contributed by atoms with Crippen molar-refractivity contribution >= 4 is 11.6 Å². The minimum absolute atomic E-state index is 0.497. The van der Waals surface area contributed by atoms with Gasteiger partial charge in [0, 0.05) is 12.6 Å². The number of anilines is 2. The zero-order chi connectivity index (χ0) is 8.97. The standard InChI is InChI=1S/C8H14N4/c1-6(2)4-10-8-3-7(9)11-5-12-8/h3,5-6H,4H2,1-2H3,(H3,9,10,11,12). The minimum Gasteiger partial charge on any atom is -0.384 e. The summed E-state index contributed by atoms with van der Waals surface area (Å²) in [5, 5.41) is 3.15. The lowest BCUT2D eigenvalue weighted by Gasteiger charge is -2.07. The summed E-state index contributed by atoms with van der Waals surface area (Å²) >= 11 is 0. The molecule has 0 aliphatic heterocycles. The molecule has 66 valence electrons. The molecule has 0 aliphatic carbocycles. The van der Waals surface area contributed by atoms with E-state index in [1.807, 2.05) is 0 Å². The lowest BCUT2D eigenvalue weighted by molar-refractivity contribution is 0.687. The summed E-state index contributed by atoms with van der Waals surface area (Å²) in [6.45, 7) is 5.17. The predicted octanol–water partition coefficient (Wildman–Crippen LogP) is 1.13. The number of nitrogen functional groups attached to an aromatic ring is 1. The molecule has 1 rings (SSSR count). The van der Waals surface area contributed by atoms with Crippen molar-refractivity contribution in [1.29, 1.82) is 0 Å². The van der Waals surface area contributed by atoms with Crippen LogP contribution in [0.1, 0.15) is 13.8 Å². The lowest BCUT2D eigenvalue weighted by Crippen LogP contribution is -2.09. The highest BCUT2D eigenvalue weighted by molar-refractivity contribution is 5.43. The van der Waals surface area contributed by atoms with E-state index in [1.54, 1.807) is 6.07 Å². The van der Waals surface area contributed by atoms with Gasteiger partial charge in [0.2, 0.25) is 0 Å². The second-order valence-electron chi connectivity index (χ2n) is 3.10. The van der Waals surface area contributed by atoms with E-state index in [1.165, 1.54) is 6.33 Å². The van der Waals surface area contributed by atoms with Gasteiger partial charge in [0.25, 0.3) is 0 Å². The van der Waals surface area contributed by atoms with Crippen molar-refractivity contribution in [2.24, 2.45) is 5.92 Å². The smallest absolute Gasteiger partial charge is 0.131 e. The van der Waals surface area contributed by atoms with Crippen molar-refractivity contribution in [3.63, 3.8) is 0 Å². The van der Waals surface area contributed by atoms with E-state index in [0.717, 1.165) is 12.4 Å². The Morgan fingerprint density at radius 1 is 1.50 bits per heavy atom. The highest BCUT2D eigenvalue weighted by Crippen LogP contribution is 2.05. The number of nitrogens with one attached hydrogen (secondary N) is 1. The van der Waals surface area contributed by atoms with Gasteiger partial charge in [-0.25, -0.2) is 9.97 Å². The van der Waals surface area contributed by atoms with Crippen LogP contribution in [0, 0.1) is 5.92 Å². The molecule has 0 amide bonds. The van der Waals surface area contributed by atoms with Crippen molar-refractivity contribution in [3.05, 3.63) is 12.4 Å². The van der Waals surface area contributed by atoms with Gasteiger partial charge in [-0.2, -0.15) is 0 Å². The number of nitrogens with zero attached hydrogens (tertiary/aromatic N) is 2. The van der Waals surface area contributed by atoms with E-state index < -0.39 is 0 Å². The summed E-state index contributed by atoms with van der Waals surface area (Å²) in [4.78, 5) is 7.80. The third-order valence-corrected chi connectivity index (χ3v) is 1.38. The molecule has 0 aromatic carbocycles. The van der Waals surface area contributed by atoms with Crippen LogP contribution in [0.15, 0.2) is 12.4 Å². The van der Waals surface area contributed by atoms with Crippen LogP contribution in [0.3, 0.4) is 0 Å². The summed E-state index contributed by atoms with van der Waals surface area (Å²) in [6, 6.07) is 1.72. The third kappa shape index (κ3) is 2.74. The molecule has 1 aromatic heterocycles. The molecular formula is C8H14N4. The van der Waals surface area contributed by atoms with Crippen molar-refractivity contribution in [2.75, 3.05) is 17.6 Å². The minimum atomic E-state index is 0.497. The second kappa shape index (κ2) is 3.90. The van der Waals surface area contributed by atoms with E-state index in [0.29, 0.717) is 11.7 Å². The molecule has 0 unspecified atom stereocenters. The summed E-state index contributed by atoms with van der Waals surface area (Å²) in [6.07, 6.45) is 1.46. The summed E-state index contributed by atoms with van der Waals surface area (Å²) in [7, 11) is 0. The fourth-order valence-corrected chi connectivity index (χ4v) is 0.778. The molecule has 3 N–H and O–H groups in total. The van der Waals surface area contributed by atoms with E-state index in [-0.39, 0.29) is 0 Å². The highest BCUT2D eigenvalue weighted by atomic mass is 15.0. The van der Waals surface area contributed by atoms with Gasteiger partial charge < -0.3 is 11.1 Å². The Hall–Kier alpha value is -1.32. The van der Waals surface area contributed by atoms with Crippen molar-refractivity contribution in [3.8, 4) is 0 Å². The van der Waals surface area contributed by atoms with Gasteiger partial charge in [-0.05, 0) is 5.92 Å². The Morgan fingerprint density at radius 3 is 2.83 bits per heavy atom. The zero-order valence-electron chi connectivity index (χ0n) is 7.41. The first-order valence-corrected chi connectivity index (χ1v) is 4.00. The van der Waals surface area contributed by atoms with Gasteiger partial charge in [-0.15, -0.1) is 0 Å². The second-order valence-corrected chi connectivity index (χ2v) is 3.10. The van der Waals surface area contributed by atoms with Crippen molar-refractivity contribution in [1.82, 2.24) is 9.97 Å². The lowest BCUT2D eigenvalue weighted by atomic mass is 10.2. The SMILES string of the molecule is CC(C)CNc1cc(N)ncn1. The monoisotopic (exact) mass is 166 g/mol. The Morgan fingerprint density at radius 2 is 2.25 bits per heavy atom. The first kappa shape index (κ1) is 8.77. The molecule has 0 fully saturated rings. The largest absolute Gasteiger partial charge is 0.384 e. The molecule has 0 aliphatic rings. The first-order chi connectivity index (χ1) is 5.68. The summed E-state index contributed by atoms with van der Waals surface area (Å²) in [5.41, 5.74) is 5.47. The Kier molecular flexibility index (Phi) is 2.85. The molecule has 12 heavy (non-hydrogen) atoms. The number of aromatic nitrogens is 2. The maximum absolute atomic E-state index is 5.47. The van der Waals surface area contributed by atoms with Crippen LogP contribution in [-0.4, -0.2) is 16.5 Å². The Labute approximate surface area is 72.2 Å². The first-order valence-electron chi connectivity index (χ1n) is 4.00. The normalized spacial score (nSPS) is 10.2. The molecule has 1 heterocycles. The third-order valence-electron chi connectivity index (χ3n) is 1.38. The average molecular weight is 166 g/mol. The van der Waals surface area contributed by atoms with Gasteiger partial charge in [-0.1, -0.05) is 13.8 Å². The maximum atomic E-state index is 5.47. The topological polar surface area (TPSA) is 63.8 Å². The molecule has 0 saturated carbocycles. The van der Waals surface area contributed by atoms with E-state index in [4.69, 9.17) is 5.73 Å². The van der Waals surface area contributed by atoms with Crippen LogP contribution in [0.4, 0.5) is 11.6 Å². The molecule has 4 heteroatoms. The number of hydrogen-bond donors (Lipinski definition) is 2. The van der Waals surface area contributed by atoms with E-state index in [2.05, 4.69) is 29.1 Å². The average Bonchev–Trinajstić information content (AvgIpc) is 2.01. The fourth-order valence-electron chi connectivity index (χ4n) is 0.778. The maximum Gasteiger partial charge on any atom is 0.131 e. The van der Waals surface area contributed by atoms with Gasteiger partial charge in [0.1, 0.15) is 18.0 Å². The zero-order valence-corrected chi connectivity index (χ0v) is 7.41. The van der Waals surface area contributed by atoms with Crippen LogP contribution in [-0.2, 0) is 0 Å². The number of rotatable bonds is 3. The molecule has 1 aromatic rings. The number of hydrogen-bond acceptors (Lipinski definition) is 4. The van der Waals surface area contributed by atoms with Gasteiger partial charge in [0.15, 0.2) is 0 Å². The van der Waals surface area contributed by atoms with Crippen LogP contribution in [0.25, 0.3) is 0 Å². The van der Waals surface area contributed by atoms with Crippen molar-refractivity contribution < 1.29 is 0 Å². The van der Waals surface area contributed by atoms with Gasteiger partial charge in [0.05, 0.1) is 0 Å². The molecule has 0 saturated heterocycles. The molecule has 4 nitrogen and oxygen atoms in total. The van der Waals surface area contributed by atoms with E-state index in [9.17, 15) is 0 Å². The molecule has 0 bridgehead atoms. The quantitative estimate of drug-likeness (QED) is 0.706. The number of nitrogens with two attached hydrogens (primary N) is 1. The fraction of sp³-hybridized carbons (Fsp3) is 0.500. The predicted molar refractivity (Wildman–Crippen MR) is 49.8 cm³/mol. The van der Waals surface area contributed by atoms with Gasteiger partial charge >= 0.3 is 0 Å². The van der Waals surface area contributed by atoms with Crippen LogP contribution >= 0.6 is 0 Å². The Balaban J connectivity index is 2.52. The van der Waals surface area contributed by atoms with Crippen LogP contribution in [0.2, 0.25) is 0 Å².